The van der Waals surface area contributed by atoms with Gasteiger partial charge in [-0.25, -0.2) is 0 Å². The number of amides is 1. The van der Waals surface area contributed by atoms with Crippen LogP contribution in [0.3, 0.4) is 0 Å². The molecule has 2 aliphatic rings. The van der Waals surface area contributed by atoms with Crippen molar-refractivity contribution >= 4 is 18.3 Å². The van der Waals surface area contributed by atoms with Gasteiger partial charge in [-0.05, 0) is 50.4 Å². The molecular weight excluding hydrogens is 272 g/mol. The van der Waals surface area contributed by atoms with Crippen LogP contribution < -0.4 is 5.73 Å². The monoisotopic (exact) mass is 300 g/mol. The lowest BCUT2D eigenvalue weighted by atomic mass is 9.84. The van der Waals surface area contributed by atoms with E-state index in [0.29, 0.717) is 17.7 Å². The zero-order valence-corrected chi connectivity index (χ0v) is 13.4. The first-order valence-corrected chi connectivity index (χ1v) is 7.76. The van der Waals surface area contributed by atoms with E-state index >= 15 is 0 Å². The summed E-state index contributed by atoms with van der Waals surface area (Å²) in [6.07, 6.45) is 10.1. The van der Waals surface area contributed by atoms with E-state index in [1.54, 1.807) is 0 Å². The van der Waals surface area contributed by atoms with E-state index in [2.05, 4.69) is 6.58 Å². The van der Waals surface area contributed by atoms with Crippen molar-refractivity contribution in [1.29, 1.82) is 0 Å². The van der Waals surface area contributed by atoms with Gasteiger partial charge in [-0.1, -0.05) is 12.5 Å². The second-order valence-electron chi connectivity index (χ2n) is 6.33. The summed E-state index contributed by atoms with van der Waals surface area (Å²) in [5.41, 5.74) is 6.24. The maximum absolute atomic E-state index is 12.5. The summed E-state index contributed by atoms with van der Waals surface area (Å²) in [5, 5.41) is 0. The number of fused-ring (bicyclic) bond motifs is 2. The lowest BCUT2D eigenvalue weighted by Crippen LogP contribution is -2.46. The third-order valence-corrected chi connectivity index (χ3v) is 5.04. The second-order valence-corrected chi connectivity index (χ2v) is 6.33. The van der Waals surface area contributed by atoms with E-state index in [4.69, 9.17) is 5.73 Å². The lowest BCUT2D eigenvalue weighted by Gasteiger charge is -2.30. The van der Waals surface area contributed by atoms with Gasteiger partial charge in [-0.15, -0.1) is 19.0 Å². The number of carbonyl (C=O) groups excluding carboxylic acids is 1. The van der Waals surface area contributed by atoms with Gasteiger partial charge in [-0.2, -0.15) is 0 Å². The van der Waals surface area contributed by atoms with E-state index in [-0.39, 0.29) is 24.4 Å². The van der Waals surface area contributed by atoms with Gasteiger partial charge < -0.3 is 10.6 Å². The van der Waals surface area contributed by atoms with Gasteiger partial charge in [0.05, 0.1) is 5.92 Å². The highest BCUT2D eigenvalue weighted by atomic mass is 35.5. The fourth-order valence-corrected chi connectivity index (χ4v) is 3.88. The molecule has 116 valence electrons. The van der Waals surface area contributed by atoms with Crippen molar-refractivity contribution in [1.82, 2.24) is 4.90 Å². The van der Waals surface area contributed by atoms with Crippen LogP contribution in [0, 0.1) is 17.8 Å². The number of halogens is 1. The molecule has 0 aromatic carbocycles. The van der Waals surface area contributed by atoms with Gasteiger partial charge in [0.25, 0.3) is 0 Å². The normalized spacial score (nSPS) is 30.9. The first-order valence-electron chi connectivity index (χ1n) is 7.76. The Kier molecular flexibility index (Phi) is 7.04. The van der Waals surface area contributed by atoms with E-state index in [0.717, 1.165) is 19.4 Å². The van der Waals surface area contributed by atoms with Crippen molar-refractivity contribution in [3.05, 3.63) is 12.7 Å². The van der Waals surface area contributed by atoms with Crippen LogP contribution in [-0.4, -0.2) is 30.4 Å². The Balaban J connectivity index is 0.00000200. The molecule has 0 heterocycles. The van der Waals surface area contributed by atoms with Crippen LogP contribution in [0.1, 0.15) is 44.9 Å². The highest BCUT2D eigenvalue weighted by Gasteiger charge is 2.49. The van der Waals surface area contributed by atoms with Gasteiger partial charge in [-0.3, -0.25) is 4.79 Å². The quantitative estimate of drug-likeness (QED) is 0.580. The number of hydrogen-bond donors (Lipinski definition) is 1. The van der Waals surface area contributed by atoms with Crippen molar-refractivity contribution in [2.75, 3.05) is 13.6 Å². The molecule has 2 aliphatic carbocycles. The Morgan fingerprint density at radius 2 is 2.00 bits per heavy atom. The van der Waals surface area contributed by atoms with Crippen LogP contribution in [0.5, 0.6) is 0 Å². The molecule has 4 atom stereocenters. The summed E-state index contributed by atoms with van der Waals surface area (Å²) in [5.74, 6) is 1.58. The Morgan fingerprint density at radius 3 is 2.60 bits per heavy atom. The molecule has 4 heteroatoms. The Hall–Kier alpha value is -0.540. The molecule has 2 rings (SSSR count). The Labute approximate surface area is 129 Å². The number of hydrogen-bond acceptors (Lipinski definition) is 2. The molecule has 2 N–H and O–H groups in total. The zero-order valence-electron chi connectivity index (χ0n) is 12.6. The van der Waals surface area contributed by atoms with Crippen LogP contribution in [0.2, 0.25) is 0 Å². The maximum Gasteiger partial charge on any atom is 0.227 e. The average molecular weight is 301 g/mol. The molecule has 0 aromatic rings. The fourth-order valence-electron chi connectivity index (χ4n) is 3.88. The molecule has 20 heavy (non-hydrogen) atoms. The first-order chi connectivity index (χ1) is 9.15. The largest absolute Gasteiger partial charge is 0.345 e. The number of unbranched alkanes of at least 4 members (excludes halogenated alkanes) is 3. The van der Waals surface area contributed by atoms with Crippen LogP contribution in [0.25, 0.3) is 0 Å². The van der Waals surface area contributed by atoms with Gasteiger partial charge in [0.2, 0.25) is 5.91 Å². The van der Waals surface area contributed by atoms with E-state index in [9.17, 15) is 4.79 Å². The van der Waals surface area contributed by atoms with E-state index in [1.165, 1.54) is 32.1 Å². The number of nitrogens with zero attached hydrogens (tertiary/aromatic N) is 1. The van der Waals surface area contributed by atoms with Gasteiger partial charge >= 0.3 is 0 Å². The highest BCUT2D eigenvalue weighted by molar-refractivity contribution is 5.85. The van der Waals surface area contributed by atoms with Crippen LogP contribution >= 0.6 is 12.4 Å². The Bertz CT molecular complexity index is 332. The maximum atomic E-state index is 12.5. The lowest BCUT2D eigenvalue weighted by molar-refractivity contribution is -0.136. The Morgan fingerprint density at radius 1 is 1.30 bits per heavy atom. The van der Waals surface area contributed by atoms with Crippen LogP contribution in [0.15, 0.2) is 12.7 Å². The number of allylic oxidation sites excluding steroid dienone is 1. The number of nitrogens with two attached hydrogens (primary N) is 1. The van der Waals surface area contributed by atoms with Crippen molar-refractivity contribution in [3.63, 3.8) is 0 Å². The summed E-state index contributed by atoms with van der Waals surface area (Å²) in [4.78, 5) is 14.4. The van der Waals surface area contributed by atoms with Crippen molar-refractivity contribution in [2.45, 2.75) is 51.0 Å². The summed E-state index contributed by atoms with van der Waals surface area (Å²) in [6, 6.07) is 0.120. The summed E-state index contributed by atoms with van der Waals surface area (Å²) < 4.78 is 0. The van der Waals surface area contributed by atoms with Crippen molar-refractivity contribution in [2.24, 2.45) is 23.5 Å². The van der Waals surface area contributed by atoms with Crippen LogP contribution in [0.4, 0.5) is 0 Å². The molecule has 0 radical (unpaired) electrons. The zero-order chi connectivity index (χ0) is 13.8. The number of carbonyl (C=O) groups is 1. The minimum absolute atomic E-state index is 0. The SMILES string of the molecule is C=CCCCCCN(C)C(=O)C1C2CCC(C2)C1N.Cl. The molecule has 1 amide bonds. The van der Waals surface area contributed by atoms with Crippen LogP contribution in [-0.2, 0) is 4.79 Å². The molecule has 3 nitrogen and oxygen atoms in total. The molecule has 0 saturated heterocycles. The molecule has 2 fully saturated rings. The molecule has 0 aromatic heterocycles. The highest BCUT2D eigenvalue weighted by Crippen LogP contribution is 2.48. The van der Waals surface area contributed by atoms with Crippen molar-refractivity contribution < 1.29 is 4.79 Å². The molecule has 0 aliphatic heterocycles. The molecule has 2 saturated carbocycles. The average Bonchev–Trinajstić information content (AvgIpc) is 2.98. The standard InChI is InChI=1S/C16H28N2O.ClH/c1-3-4-5-6-7-10-18(2)16(19)14-12-8-9-13(11-12)15(14)17;/h3,12-15H,1,4-11,17H2,2H3;1H. The molecular formula is C16H29ClN2O. The van der Waals surface area contributed by atoms with Gasteiger partial charge in [0, 0.05) is 19.6 Å². The minimum Gasteiger partial charge on any atom is -0.345 e. The van der Waals surface area contributed by atoms with Gasteiger partial charge in [0.15, 0.2) is 0 Å². The summed E-state index contributed by atoms with van der Waals surface area (Å²) >= 11 is 0. The predicted molar refractivity (Wildman–Crippen MR) is 85.8 cm³/mol. The van der Waals surface area contributed by atoms with E-state index < -0.39 is 0 Å². The number of rotatable bonds is 7. The third kappa shape index (κ3) is 3.76. The smallest absolute Gasteiger partial charge is 0.227 e. The topological polar surface area (TPSA) is 46.3 Å². The first kappa shape index (κ1) is 17.5. The predicted octanol–water partition coefficient (Wildman–Crippen LogP) is 2.99. The molecule has 2 bridgehead atoms. The molecule has 0 spiro atoms. The van der Waals surface area contributed by atoms with Gasteiger partial charge in [0.1, 0.15) is 0 Å². The summed E-state index contributed by atoms with van der Waals surface area (Å²) in [6.45, 7) is 4.60. The minimum atomic E-state index is 0. The summed E-state index contributed by atoms with van der Waals surface area (Å²) in [7, 11) is 1.94. The van der Waals surface area contributed by atoms with Crippen molar-refractivity contribution in [3.8, 4) is 0 Å². The third-order valence-electron chi connectivity index (χ3n) is 5.04. The fraction of sp³-hybridized carbons (Fsp3) is 0.812. The molecule has 4 unspecified atom stereocenters. The second kappa shape index (κ2) is 8.04. The van der Waals surface area contributed by atoms with E-state index in [1.807, 2.05) is 18.0 Å².